The van der Waals surface area contributed by atoms with E-state index in [4.69, 9.17) is 0 Å². The summed E-state index contributed by atoms with van der Waals surface area (Å²) in [5.41, 5.74) is 1.24. The first-order chi connectivity index (χ1) is 7.65. The van der Waals surface area contributed by atoms with Crippen molar-refractivity contribution in [3.63, 3.8) is 0 Å². The molecule has 1 aromatic rings. The molecule has 3 heteroatoms. The summed E-state index contributed by atoms with van der Waals surface area (Å²) in [6.07, 6.45) is 3.51. The second kappa shape index (κ2) is 4.58. The first-order valence-corrected chi connectivity index (χ1v) is 6.49. The maximum Gasteiger partial charge on any atom is 0.220 e. The van der Waals surface area contributed by atoms with Crippen LogP contribution in [0.5, 0.6) is 0 Å². The van der Waals surface area contributed by atoms with Crippen LogP contribution in [0.1, 0.15) is 31.7 Å². The zero-order valence-electron chi connectivity index (χ0n) is 9.42. The number of rotatable bonds is 3. The van der Waals surface area contributed by atoms with Gasteiger partial charge >= 0.3 is 0 Å². The number of hydrogen-bond donors (Lipinski definition) is 1. The molecular formula is C13H16BrNO. The van der Waals surface area contributed by atoms with E-state index in [1.54, 1.807) is 0 Å². The van der Waals surface area contributed by atoms with Gasteiger partial charge in [-0.3, -0.25) is 4.79 Å². The van der Waals surface area contributed by atoms with Gasteiger partial charge in [0, 0.05) is 16.4 Å². The molecule has 0 radical (unpaired) electrons. The van der Waals surface area contributed by atoms with Crippen LogP contribution in [0.2, 0.25) is 0 Å². The smallest absolute Gasteiger partial charge is 0.220 e. The summed E-state index contributed by atoms with van der Waals surface area (Å²) in [6, 6.07) is 8.22. The summed E-state index contributed by atoms with van der Waals surface area (Å²) in [7, 11) is 0. The molecule has 0 saturated carbocycles. The van der Waals surface area contributed by atoms with Gasteiger partial charge in [-0.05, 0) is 30.9 Å². The molecule has 1 aromatic carbocycles. The van der Waals surface area contributed by atoms with Gasteiger partial charge in [-0.15, -0.1) is 0 Å². The molecule has 2 rings (SSSR count). The Morgan fingerprint density at radius 2 is 2.19 bits per heavy atom. The molecule has 86 valence electrons. The largest absolute Gasteiger partial charge is 0.350 e. The van der Waals surface area contributed by atoms with Gasteiger partial charge in [-0.2, -0.15) is 0 Å². The molecule has 0 aromatic heterocycles. The first-order valence-electron chi connectivity index (χ1n) is 5.70. The Hall–Kier alpha value is -0.830. The van der Waals surface area contributed by atoms with Crippen LogP contribution in [-0.4, -0.2) is 11.4 Å². The van der Waals surface area contributed by atoms with E-state index in [1.165, 1.54) is 5.56 Å². The molecule has 1 atom stereocenters. The molecule has 1 aliphatic rings. The van der Waals surface area contributed by atoms with Gasteiger partial charge in [0.2, 0.25) is 5.91 Å². The van der Waals surface area contributed by atoms with Crippen LogP contribution in [0.3, 0.4) is 0 Å². The van der Waals surface area contributed by atoms with E-state index in [-0.39, 0.29) is 11.4 Å². The molecule has 0 bridgehead atoms. The lowest BCUT2D eigenvalue weighted by Crippen LogP contribution is -2.43. The van der Waals surface area contributed by atoms with Gasteiger partial charge < -0.3 is 5.32 Å². The Bertz CT molecular complexity index is 405. The molecular weight excluding hydrogens is 266 g/mol. The SMILES string of the molecule is CCC1(Cc2ccccc2Br)CCC(=O)N1. The second-order valence-electron chi connectivity index (χ2n) is 4.45. The lowest BCUT2D eigenvalue weighted by atomic mass is 9.87. The third-order valence-corrected chi connectivity index (χ3v) is 4.17. The minimum atomic E-state index is -0.0268. The second-order valence-corrected chi connectivity index (χ2v) is 5.30. The number of halogens is 1. The number of carbonyl (C=O) groups is 1. The highest BCUT2D eigenvalue weighted by Gasteiger charge is 2.36. The standard InChI is InChI=1S/C13H16BrNO/c1-2-13(8-7-12(16)15-13)9-10-5-3-4-6-11(10)14/h3-6H,2,7-9H2,1H3,(H,15,16). The van der Waals surface area contributed by atoms with Crippen LogP contribution >= 0.6 is 15.9 Å². The lowest BCUT2D eigenvalue weighted by molar-refractivity contribution is -0.119. The molecule has 0 spiro atoms. The van der Waals surface area contributed by atoms with E-state index < -0.39 is 0 Å². The average molecular weight is 282 g/mol. The molecule has 1 saturated heterocycles. The van der Waals surface area contributed by atoms with Crippen molar-refractivity contribution in [2.45, 2.75) is 38.1 Å². The Morgan fingerprint density at radius 1 is 1.44 bits per heavy atom. The topological polar surface area (TPSA) is 29.1 Å². The third-order valence-electron chi connectivity index (χ3n) is 3.40. The van der Waals surface area contributed by atoms with E-state index in [0.717, 1.165) is 23.7 Å². The van der Waals surface area contributed by atoms with E-state index in [1.807, 2.05) is 12.1 Å². The van der Waals surface area contributed by atoms with Crippen LogP contribution < -0.4 is 5.32 Å². The lowest BCUT2D eigenvalue weighted by Gasteiger charge is -2.28. The number of carbonyl (C=O) groups excluding carboxylic acids is 1. The molecule has 2 nitrogen and oxygen atoms in total. The molecule has 1 aliphatic heterocycles. The van der Waals surface area contributed by atoms with E-state index in [0.29, 0.717) is 6.42 Å². The van der Waals surface area contributed by atoms with Gasteiger partial charge in [-0.25, -0.2) is 0 Å². The molecule has 1 fully saturated rings. The van der Waals surface area contributed by atoms with Crippen molar-refractivity contribution in [1.29, 1.82) is 0 Å². The Labute approximate surface area is 105 Å². The molecule has 0 aliphatic carbocycles. The first kappa shape index (κ1) is 11.6. The quantitative estimate of drug-likeness (QED) is 0.907. The molecule has 1 amide bonds. The predicted octanol–water partition coefficient (Wildman–Crippen LogP) is 3.05. The van der Waals surface area contributed by atoms with Crippen molar-refractivity contribution in [1.82, 2.24) is 5.32 Å². The fourth-order valence-electron chi connectivity index (χ4n) is 2.30. The van der Waals surface area contributed by atoms with Crippen LogP contribution in [-0.2, 0) is 11.2 Å². The normalized spacial score (nSPS) is 24.5. The third kappa shape index (κ3) is 2.29. The summed E-state index contributed by atoms with van der Waals surface area (Å²) in [5.74, 6) is 0.189. The average Bonchev–Trinajstić information content (AvgIpc) is 2.65. The Balaban J connectivity index is 2.19. The number of benzene rings is 1. The summed E-state index contributed by atoms with van der Waals surface area (Å²) < 4.78 is 1.13. The highest BCUT2D eigenvalue weighted by molar-refractivity contribution is 9.10. The van der Waals surface area contributed by atoms with E-state index in [9.17, 15) is 4.79 Å². The predicted molar refractivity (Wildman–Crippen MR) is 68.2 cm³/mol. The number of nitrogens with one attached hydrogen (secondary N) is 1. The highest BCUT2D eigenvalue weighted by Crippen LogP contribution is 2.30. The number of hydrogen-bond acceptors (Lipinski definition) is 1. The Morgan fingerprint density at radius 3 is 2.75 bits per heavy atom. The summed E-state index contributed by atoms with van der Waals surface area (Å²) >= 11 is 3.56. The molecule has 1 heterocycles. The summed E-state index contributed by atoms with van der Waals surface area (Å²) in [4.78, 5) is 11.4. The maximum atomic E-state index is 11.4. The minimum absolute atomic E-state index is 0.0268. The van der Waals surface area contributed by atoms with Gasteiger partial charge in [0.1, 0.15) is 0 Å². The van der Waals surface area contributed by atoms with Gasteiger partial charge in [0.25, 0.3) is 0 Å². The highest BCUT2D eigenvalue weighted by atomic mass is 79.9. The molecule has 1 N–H and O–H groups in total. The molecule has 16 heavy (non-hydrogen) atoms. The van der Waals surface area contributed by atoms with Gasteiger partial charge in [0.05, 0.1) is 0 Å². The van der Waals surface area contributed by atoms with Gasteiger partial charge in [-0.1, -0.05) is 41.1 Å². The fourth-order valence-corrected chi connectivity index (χ4v) is 2.73. The van der Waals surface area contributed by atoms with E-state index >= 15 is 0 Å². The maximum absolute atomic E-state index is 11.4. The van der Waals surface area contributed by atoms with Crippen molar-refractivity contribution in [2.75, 3.05) is 0 Å². The monoisotopic (exact) mass is 281 g/mol. The Kier molecular flexibility index (Phi) is 3.33. The fraction of sp³-hybridized carbons (Fsp3) is 0.462. The van der Waals surface area contributed by atoms with Crippen molar-refractivity contribution in [3.8, 4) is 0 Å². The van der Waals surface area contributed by atoms with Crippen LogP contribution in [0.15, 0.2) is 28.7 Å². The van der Waals surface area contributed by atoms with Crippen molar-refractivity contribution >= 4 is 21.8 Å². The van der Waals surface area contributed by atoms with Crippen LogP contribution in [0.4, 0.5) is 0 Å². The van der Waals surface area contributed by atoms with Crippen LogP contribution in [0.25, 0.3) is 0 Å². The van der Waals surface area contributed by atoms with Crippen LogP contribution in [0, 0.1) is 0 Å². The van der Waals surface area contributed by atoms with Gasteiger partial charge in [0.15, 0.2) is 0 Å². The zero-order chi connectivity index (χ0) is 11.6. The molecule has 1 unspecified atom stereocenters. The summed E-state index contributed by atoms with van der Waals surface area (Å²) in [6.45, 7) is 2.14. The zero-order valence-corrected chi connectivity index (χ0v) is 11.0. The van der Waals surface area contributed by atoms with Crippen molar-refractivity contribution in [2.24, 2.45) is 0 Å². The van der Waals surface area contributed by atoms with Crippen molar-refractivity contribution in [3.05, 3.63) is 34.3 Å². The van der Waals surface area contributed by atoms with E-state index in [2.05, 4.69) is 40.3 Å². The summed E-state index contributed by atoms with van der Waals surface area (Å²) in [5, 5.41) is 3.13. The van der Waals surface area contributed by atoms with Crippen molar-refractivity contribution < 1.29 is 4.79 Å². The minimum Gasteiger partial charge on any atom is -0.350 e. The number of amides is 1.